The Morgan fingerprint density at radius 3 is 2.85 bits per heavy atom. The number of unbranched alkanes of at least 4 members (excludes halogenated alkanes) is 2. The molecule has 0 saturated heterocycles. The van der Waals surface area contributed by atoms with E-state index in [1.165, 1.54) is 12.8 Å². The van der Waals surface area contributed by atoms with E-state index < -0.39 is 0 Å². The topological polar surface area (TPSA) is 25.8 Å². The largest absolute Gasteiger partial charge is 0.260 e. The van der Waals surface area contributed by atoms with Crippen molar-refractivity contribution in [3.8, 4) is 0 Å². The van der Waals surface area contributed by atoms with Crippen molar-refractivity contribution in [2.75, 3.05) is 11.6 Å². The second-order valence-electron chi connectivity index (χ2n) is 2.64. The molecule has 0 unspecified atom stereocenters. The van der Waals surface area contributed by atoms with Gasteiger partial charge in [0.15, 0.2) is 0 Å². The van der Waals surface area contributed by atoms with E-state index in [4.69, 9.17) is 11.6 Å². The third kappa shape index (κ3) is 5.11. The molecule has 0 spiro atoms. The highest BCUT2D eigenvalue weighted by atomic mass is 35.5. The summed E-state index contributed by atoms with van der Waals surface area (Å²) in [7, 11) is 0. The normalized spacial score (nSPS) is 10.2. The van der Waals surface area contributed by atoms with Gasteiger partial charge >= 0.3 is 0 Å². The van der Waals surface area contributed by atoms with Crippen LogP contribution in [-0.4, -0.2) is 21.6 Å². The molecule has 1 heterocycles. The van der Waals surface area contributed by atoms with Crippen molar-refractivity contribution in [1.29, 1.82) is 0 Å². The van der Waals surface area contributed by atoms with E-state index in [1.807, 2.05) is 0 Å². The fourth-order valence-corrected chi connectivity index (χ4v) is 1.93. The second-order valence-corrected chi connectivity index (χ2v) is 4.13. The van der Waals surface area contributed by atoms with E-state index in [2.05, 4.69) is 9.97 Å². The van der Waals surface area contributed by atoms with Gasteiger partial charge in [-0.2, -0.15) is 0 Å². The van der Waals surface area contributed by atoms with Gasteiger partial charge in [-0.05, 0) is 18.6 Å². The standard InChI is InChI=1S/C9H13ClN2S/c10-4-2-1-3-7-13-9-8-11-5-6-12-9/h5-6,8H,1-4,7H2. The highest BCUT2D eigenvalue weighted by molar-refractivity contribution is 7.99. The van der Waals surface area contributed by atoms with Crippen LogP contribution in [0.25, 0.3) is 0 Å². The highest BCUT2D eigenvalue weighted by Crippen LogP contribution is 2.15. The number of thioether (sulfide) groups is 1. The molecule has 1 aromatic rings. The quantitative estimate of drug-likeness (QED) is 0.416. The number of hydrogen-bond acceptors (Lipinski definition) is 3. The Hall–Kier alpha value is -0.280. The van der Waals surface area contributed by atoms with Crippen molar-refractivity contribution < 1.29 is 0 Å². The molecule has 72 valence electrons. The molecule has 0 fully saturated rings. The molecule has 0 aliphatic carbocycles. The third-order valence-corrected chi connectivity index (χ3v) is 2.83. The van der Waals surface area contributed by atoms with E-state index in [0.29, 0.717) is 0 Å². The zero-order valence-electron chi connectivity index (χ0n) is 7.45. The smallest absolute Gasteiger partial charge is 0.114 e. The van der Waals surface area contributed by atoms with Crippen LogP contribution in [0.1, 0.15) is 19.3 Å². The van der Waals surface area contributed by atoms with Gasteiger partial charge in [0.25, 0.3) is 0 Å². The summed E-state index contributed by atoms with van der Waals surface area (Å²) in [6.07, 6.45) is 8.73. The minimum atomic E-state index is 0.774. The lowest BCUT2D eigenvalue weighted by atomic mass is 10.3. The monoisotopic (exact) mass is 216 g/mol. The van der Waals surface area contributed by atoms with Crippen LogP contribution in [0.2, 0.25) is 0 Å². The molecule has 0 amide bonds. The molecule has 2 nitrogen and oxygen atoms in total. The van der Waals surface area contributed by atoms with Gasteiger partial charge in [0.05, 0.1) is 6.20 Å². The van der Waals surface area contributed by atoms with Crippen molar-refractivity contribution in [3.05, 3.63) is 18.6 Å². The zero-order chi connectivity index (χ0) is 9.36. The fourth-order valence-electron chi connectivity index (χ4n) is 0.910. The summed E-state index contributed by atoms with van der Waals surface area (Å²) >= 11 is 7.32. The van der Waals surface area contributed by atoms with Gasteiger partial charge in [0.1, 0.15) is 5.03 Å². The summed E-state index contributed by atoms with van der Waals surface area (Å²) in [6, 6.07) is 0. The zero-order valence-corrected chi connectivity index (χ0v) is 9.02. The summed E-state index contributed by atoms with van der Waals surface area (Å²) in [5, 5.41) is 1.01. The van der Waals surface area contributed by atoms with Crippen LogP contribution in [0.4, 0.5) is 0 Å². The maximum absolute atomic E-state index is 5.57. The van der Waals surface area contributed by atoms with E-state index in [9.17, 15) is 0 Å². The SMILES string of the molecule is ClCCCCCSc1cnccn1. The van der Waals surface area contributed by atoms with Gasteiger partial charge in [0, 0.05) is 18.3 Å². The minimum Gasteiger partial charge on any atom is -0.260 e. The first-order valence-corrected chi connectivity index (χ1v) is 5.90. The van der Waals surface area contributed by atoms with Crippen LogP contribution in [0, 0.1) is 0 Å². The Bertz CT molecular complexity index is 218. The molecule has 0 radical (unpaired) electrons. The molecule has 0 aliphatic rings. The highest BCUT2D eigenvalue weighted by Gasteiger charge is 1.94. The average Bonchev–Trinajstić information content (AvgIpc) is 2.19. The van der Waals surface area contributed by atoms with E-state index in [-0.39, 0.29) is 0 Å². The van der Waals surface area contributed by atoms with Crippen molar-refractivity contribution in [3.63, 3.8) is 0 Å². The number of aromatic nitrogens is 2. The fraction of sp³-hybridized carbons (Fsp3) is 0.556. The van der Waals surface area contributed by atoms with Crippen LogP contribution in [0.3, 0.4) is 0 Å². The first-order valence-electron chi connectivity index (χ1n) is 4.38. The molecule has 4 heteroatoms. The molecule has 0 atom stereocenters. The maximum Gasteiger partial charge on any atom is 0.114 e. The third-order valence-electron chi connectivity index (χ3n) is 1.57. The summed E-state index contributed by atoms with van der Waals surface area (Å²) in [4.78, 5) is 8.17. The first-order chi connectivity index (χ1) is 6.43. The molecule has 0 bridgehead atoms. The molecule has 1 rings (SSSR count). The Kier molecular flexibility index (Phi) is 5.94. The van der Waals surface area contributed by atoms with Gasteiger partial charge in [-0.25, -0.2) is 4.98 Å². The minimum absolute atomic E-state index is 0.774. The van der Waals surface area contributed by atoms with Gasteiger partial charge in [0.2, 0.25) is 0 Å². The lowest BCUT2D eigenvalue weighted by Gasteiger charge is -1.98. The Morgan fingerprint density at radius 2 is 2.15 bits per heavy atom. The second kappa shape index (κ2) is 7.15. The van der Waals surface area contributed by atoms with Crippen molar-refractivity contribution in [2.45, 2.75) is 24.3 Å². The van der Waals surface area contributed by atoms with Crippen LogP contribution >= 0.6 is 23.4 Å². The summed E-state index contributed by atoms with van der Waals surface area (Å²) in [5.74, 6) is 1.88. The average molecular weight is 217 g/mol. The predicted molar refractivity (Wildman–Crippen MR) is 57.3 cm³/mol. The number of hydrogen-bond donors (Lipinski definition) is 0. The van der Waals surface area contributed by atoms with E-state index in [0.717, 1.165) is 23.1 Å². The van der Waals surface area contributed by atoms with Crippen LogP contribution < -0.4 is 0 Å². The number of rotatable bonds is 6. The Morgan fingerprint density at radius 1 is 1.23 bits per heavy atom. The molecule has 0 saturated carbocycles. The van der Waals surface area contributed by atoms with Crippen LogP contribution in [0.5, 0.6) is 0 Å². The summed E-state index contributed by atoms with van der Waals surface area (Å²) in [5.41, 5.74) is 0. The summed E-state index contributed by atoms with van der Waals surface area (Å²) in [6.45, 7) is 0. The lowest BCUT2D eigenvalue weighted by Crippen LogP contribution is -1.85. The number of nitrogens with zero attached hydrogens (tertiary/aromatic N) is 2. The van der Waals surface area contributed by atoms with Crippen LogP contribution in [-0.2, 0) is 0 Å². The van der Waals surface area contributed by atoms with Gasteiger partial charge < -0.3 is 0 Å². The first kappa shape index (κ1) is 10.8. The van der Waals surface area contributed by atoms with Gasteiger partial charge in [-0.1, -0.05) is 6.42 Å². The molecule has 0 aromatic carbocycles. The number of alkyl halides is 1. The Labute approximate surface area is 88.1 Å². The van der Waals surface area contributed by atoms with Crippen molar-refractivity contribution in [2.24, 2.45) is 0 Å². The molecule has 0 N–H and O–H groups in total. The van der Waals surface area contributed by atoms with Gasteiger partial charge in [-0.3, -0.25) is 4.98 Å². The van der Waals surface area contributed by atoms with E-state index in [1.54, 1.807) is 30.4 Å². The molecule has 1 aromatic heterocycles. The van der Waals surface area contributed by atoms with Crippen molar-refractivity contribution in [1.82, 2.24) is 9.97 Å². The predicted octanol–water partition coefficient (Wildman–Crippen LogP) is 2.98. The van der Waals surface area contributed by atoms with Crippen LogP contribution in [0.15, 0.2) is 23.6 Å². The molecule has 0 aliphatic heterocycles. The number of halogens is 1. The molecular weight excluding hydrogens is 204 g/mol. The Balaban J connectivity index is 2.07. The molecular formula is C9H13ClN2S. The molecule has 13 heavy (non-hydrogen) atoms. The van der Waals surface area contributed by atoms with Crippen molar-refractivity contribution >= 4 is 23.4 Å². The summed E-state index contributed by atoms with van der Waals surface area (Å²) < 4.78 is 0. The van der Waals surface area contributed by atoms with Gasteiger partial charge in [-0.15, -0.1) is 23.4 Å². The van der Waals surface area contributed by atoms with E-state index >= 15 is 0 Å². The lowest BCUT2D eigenvalue weighted by molar-refractivity contribution is 0.782. The maximum atomic E-state index is 5.57.